The summed E-state index contributed by atoms with van der Waals surface area (Å²) in [6.07, 6.45) is 5.71. The van der Waals surface area contributed by atoms with Crippen LogP contribution in [0.4, 0.5) is 0 Å². The summed E-state index contributed by atoms with van der Waals surface area (Å²) in [7, 11) is 1.68. The first-order valence-corrected chi connectivity index (χ1v) is 9.24. The average molecular weight is 337 g/mol. The molecule has 24 heavy (non-hydrogen) atoms. The van der Waals surface area contributed by atoms with Crippen LogP contribution in [0.1, 0.15) is 58.8 Å². The molecule has 136 valence electrons. The highest BCUT2D eigenvalue weighted by Crippen LogP contribution is 2.40. The van der Waals surface area contributed by atoms with E-state index < -0.39 is 0 Å². The first kappa shape index (κ1) is 19.1. The number of fused-ring (bicyclic) bond motifs is 1. The number of hydrogen-bond donors (Lipinski definition) is 0. The second kappa shape index (κ2) is 9.30. The van der Waals surface area contributed by atoms with Crippen LogP contribution in [0.5, 0.6) is 0 Å². The lowest BCUT2D eigenvalue weighted by atomic mass is 9.67. The van der Waals surface area contributed by atoms with E-state index in [1.807, 2.05) is 0 Å². The molecule has 0 saturated heterocycles. The summed E-state index contributed by atoms with van der Waals surface area (Å²) < 4.78 is 10.7. The quantitative estimate of drug-likeness (QED) is 0.504. The Morgan fingerprint density at radius 3 is 2.79 bits per heavy atom. The Balaban J connectivity index is 2.04. The van der Waals surface area contributed by atoms with Crippen molar-refractivity contribution in [1.29, 1.82) is 0 Å². The number of rotatable bonds is 8. The number of carbonyl (C=O) groups is 2. The second-order valence-corrected chi connectivity index (χ2v) is 7.23. The summed E-state index contributed by atoms with van der Waals surface area (Å²) in [4.78, 5) is 28.7. The molecule has 1 aliphatic heterocycles. The van der Waals surface area contributed by atoms with Crippen LogP contribution in [0.2, 0.25) is 0 Å². The fourth-order valence-corrected chi connectivity index (χ4v) is 4.18. The van der Waals surface area contributed by atoms with Gasteiger partial charge in [0.25, 0.3) is 0 Å². The zero-order chi connectivity index (χ0) is 17.5. The van der Waals surface area contributed by atoms with Gasteiger partial charge < -0.3 is 9.47 Å². The van der Waals surface area contributed by atoms with Crippen molar-refractivity contribution in [3.05, 3.63) is 0 Å². The molecule has 0 bridgehead atoms. The van der Waals surface area contributed by atoms with E-state index in [4.69, 9.17) is 14.5 Å². The first-order valence-electron chi connectivity index (χ1n) is 9.24. The number of nitrogens with zero attached hydrogens (tertiary/aromatic N) is 1. The van der Waals surface area contributed by atoms with Crippen molar-refractivity contribution >= 4 is 17.5 Å². The first-order chi connectivity index (χ1) is 11.5. The predicted octanol–water partition coefficient (Wildman–Crippen LogP) is 3.20. The van der Waals surface area contributed by atoms with Crippen LogP contribution < -0.4 is 0 Å². The SMILES string of the molecule is COCCCCC(=O)C[C@@H]1[C@H](OC(C)=O)[C@@H](C)CC2=NCCC[C@@H]21. The van der Waals surface area contributed by atoms with Gasteiger partial charge in [0.2, 0.25) is 0 Å². The highest BCUT2D eigenvalue weighted by molar-refractivity contribution is 5.90. The predicted molar refractivity (Wildman–Crippen MR) is 93.2 cm³/mol. The summed E-state index contributed by atoms with van der Waals surface area (Å²) in [6.45, 7) is 5.16. The monoisotopic (exact) mass is 337 g/mol. The second-order valence-electron chi connectivity index (χ2n) is 7.23. The van der Waals surface area contributed by atoms with Crippen LogP contribution in [0.25, 0.3) is 0 Å². The zero-order valence-corrected chi connectivity index (χ0v) is 15.3. The van der Waals surface area contributed by atoms with Gasteiger partial charge in [-0.15, -0.1) is 0 Å². The van der Waals surface area contributed by atoms with Crippen LogP contribution in [0.3, 0.4) is 0 Å². The molecule has 1 saturated carbocycles. The van der Waals surface area contributed by atoms with Crippen molar-refractivity contribution in [2.24, 2.45) is 22.7 Å². The van der Waals surface area contributed by atoms with E-state index >= 15 is 0 Å². The van der Waals surface area contributed by atoms with Crippen LogP contribution in [-0.4, -0.2) is 43.8 Å². The largest absolute Gasteiger partial charge is 0.462 e. The maximum absolute atomic E-state index is 12.5. The molecular weight excluding hydrogens is 306 g/mol. The van der Waals surface area contributed by atoms with Gasteiger partial charge in [0.1, 0.15) is 11.9 Å². The normalized spacial score (nSPS) is 29.5. The lowest BCUT2D eigenvalue weighted by molar-refractivity contribution is -0.155. The van der Waals surface area contributed by atoms with E-state index in [0.29, 0.717) is 25.4 Å². The Bertz CT molecular complexity index is 474. The molecular formula is C19H31NO4. The number of carbonyl (C=O) groups excluding carboxylic acids is 2. The highest BCUT2D eigenvalue weighted by atomic mass is 16.5. The Morgan fingerprint density at radius 1 is 1.29 bits per heavy atom. The molecule has 0 aromatic rings. The Labute approximate surface area is 145 Å². The molecule has 2 rings (SSSR count). The fourth-order valence-electron chi connectivity index (χ4n) is 4.18. The lowest BCUT2D eigenvalue weighted by Crippen LogP contribution is -2.47. The standard InChI is InChI=1S/C19H31NO4/c1-13-11-18-16(8-6-9-20-18)17(19(13)24-14(2)21)12-15(22)7-4-5-10-23-3/h13,16-17,19H,4-12H2,1-3H3/t13-,16+,17-,19+/m0/s1. The maximum Gasteiger partial charge on any atom is 0.302 e. The number of ether oxygens (including phenoxy) is 2. The van der Waals surface area contributed by atoms with E-state index in [0.717, 1.165) is 38.6 Å². The van der Waals surface area contributed by atoms with Gasteiger partial charge in [0.05, 0.1) is 0 Å². The van der Waals surface area contributed by atoms with Crippen LogP contribution >= 0.6 is 0 Å². The van der Waals surface area contributed by atoms with Gasteiger partial charge in [-0.05, 0) is 38.0 Å². The lowest BCUT2D eigenvalue weighted by Gasteiger charge is -2.43. The number of esters is 1. The summed E-state index contributed by atoms with van der Waals surface area (Å²) in [5, 5.41) is 0. The van der Waals surface area contributed by atoms with Crippen LogP contribution in [-0.2, 0) is 19.1 Å². The molecule has 1 fully saturated rings. The van der Waals surface area contributed by atoms with E-state index in [2.05, 4.69) is 6.92 Å². The third-order valence-electron chi connectivity index (χ3n) is 5.27. The molecule has 2 aliphatic rings. The molecule has 0 N–H and O–H groups in total. The molecule has 5 nitrogen and oxygen atoms in total. The van der Waals surface area contributed by atoms with Gasteiger partial charge in [-0.2, -0.15) is 0 Å². The van der Waals surface area contributed by atoms with Gasteiger partial charge in [0.15, 0.2) is 0 Å². The minimum Gasteiger partial charge on any atom is -0.462 e. The third-order valence-corrected chi connectivity index (χ3v) is 5.27. The van der Waals surface area contributed by atoms with E-state index in [9.17, 15) is 9.59 Å². The molecule has 0 aromatic heterocycles. The maximum atomic E-state index is 12.5. The molecule has 0 amide bonds. The Kier molecular flexibility index (Phi) is 7.40. The van der Waals surface area contributed by atoms with Gasteiger partial charge >= 0.3 is 5.97 Å². The number of ketones is 1. The number of methoxy groups -OCH3 is 1. The number of unbranched alkanes of at least 4 members (excludes halogenated alkanes) is 1. The van der Waals surface area contributed by atoms with Gasteiger partial charge in [-0.1, -0.05) is 6.92 Å². The summed E-state index contributed by atoms with van der Waals surface area (Å²) in [6, 6.07) is 0. The van der Waals surface area contributed by atoms with Crippen molar-refractivity contribution in [3.63, 3.8) is 0 Å². The van der Waals surface area contributed by atoms with Crippen LogP contribution in [0.15, 0.2) is 4.99 Å². The molecule has 0 unspecified atom stereocenters. The highest BCUT2D eigenvalue weighted by Gasteiger charge is 2.44. The Morgan fingerprint density at radius 2 is 2.08 bits per heavy atom. The van der Waals surface area contributed by atoms with Crippen molar-refractivity contribution < 1.29 is 19.1 Å². The molecule has 0 aromatic carbocycles. The van der Waals surface area contributed by atoms with Crippen molar-refractivity contribution in [2.75, 3.05) is 20.3 Å². The molecule has 1 heterocycles. The van der Waals surface area contributed by atoms with Crippen LogP contribution in [0, 0.1) is 17.8 Å². The van der Waals surface area contributed by atoms with Crippen molar-refractivity contribution in [2.45, 2.75) is 64.9 Å². The van der Waals surface area contributed by atoms with E-state index in [1.165, 1.54) is 12.6 Å². The summed E-state index contributed by atoms with van der Waals surface area (Å²) >= 11 is 0. The van der Waals surface area contributed by atoms with Gasteiger partial charge in [-0.25, -0.2) is 0 Å². The minimum atomic E-state index is -0.249. The van der Waals surface area contributed by atoms with Crippen molar-refractivity contribution in [1.82, 2.24) is 0 Å². The number of aliphatic imine (C=N–C) groups is 1. The molecule has 1 aliphatic carbocycles. The zero-order valence-electron chi connectivity index (χ0n) is 15.3. The molecule has 0 radical (unpaired) electrons. The summed E-state index contributed by atoms with van der Waals surface area (Å²) in [5.41, 5.74) is 1.24. The molecule has 0 spiro atoms. The van der Waals surface area contributed by atoms with E-state index in [-0.39, 0.29) is 29.7 Å². The van der Waals surface area contributed by atoms with E-state index in [1.54, 1.807) is 7.11 Å². The fraction of sp³-hybridized carbons (Fsp3) is 0.842. The topological polar surface area (TPSA) is 65.0 Å². The van der Waals surface area contributed by atoms with Crippen molar-refractivity contribution in [3.8, 4) is 0 Å². The van der Waals surface area contributed by atoms with Gasteiger partial charge in [-0.3, -0.25) is 14.6 Å². The Hall–Kier alpha value is -1.23. The van der Waals surface area contributed by atoms with Gasteiger partial charge in [0, 0.05) is 57.6 Å². The molecule has 4 atom stereocenters. The smallest absolute Gasteiger partial charge is 0.302 e. The third kappa shape index (κ3) is 5.13. The average Bonchev–Trinajstić information content (AvgIpc) is 2.54. The summed E-state index contributed by atoms with van der Waals surface area (Å²) in [5.74, 6) is 0.648. The molecule has 5 heteroatoms. The minimum absolute atomic E-state index is 0.0895. The number of hydrogen-bond acceptors (Lipinski definition) is 5. The number of Topliss-reactive ketones (excluding diaryl/α,β-unsaturated/α-hetero) is 1.